The number of hydrogen-bond acceptors (Lipinski definition) is 8. The van der Waals surface area contributed by atoms with Gasteiger partial charge in [0.05, 0.1) is 31.5 Å². The Balaban J connectivity index is 1.68. The minimum absolute atomic E-state index is 0.0628. The number of ether oxygens (including phenoxy) is 4. The Hall–Kier alpha value is -4.69. The molecule has 0 saturated heterocycles. The molecular formula is C27H27ClN4O7. The van der Waals surface area contributed by atoms with E-state index in [-0.39, 0.29) is 36.9 Å². The van der Waals surface area contributed by atoms with Crippen molar-refractivity contribution in [1.82, 2.24) is 16.1 Å². The summed E-state index contributed by atoms with van der Waals surface area (Å²) >= 11 is 6.03. The van der Waals surface area contributed by atoms with Gasteiger partial charge in [0.1, 0.15) is 12.4 Å². The molecule has 0 radical (unpaired) electrons. The van der Waals surface area contributed by atoms with E-state index in [1.807, 2.05) is 0 Å². The van der Waals surface area contributed by atoms with Gasteiger partial charge in [-0.25, -0.2) is 15.0 Å². The second-order valence-electron chi connectivity index (χ2n) is 7.96. The van der Waals surface area contributed by atoms with Gasteiger partial charge in [0.2, 0.25) is 0 Å². The Bertz CT molecular complexity index is 1350. The lowest BCUT2D eigenvalue weighted by molar-refractivity contribution is -0.139. The first kappa shape index (κ1) is 28.9. The second kappa shape index (κ2) is 13.7. The van der Waals surface area contributed by atoms with Gasteiger partial charge in [-0.3, -0.25) is 4.79 Å². The fraction of sp³-hybridized carbons (Fsp3) is 0.259. The van der Waals surface area contributed by atoms with Crippen LogP contribution in [0.1, 0.15) is 31.0 Å². The molecule has 1 heterocycles. The van der Waals surface area contributed by atoms with Crippen molar-refractivity contribution >= 4 is 35.7 Å². The van der Waals surface area contributed by atoms with Gasteiger partial charge >= 0.3 is 12.0 Å². The Kier molecular flexibility index (Phi) is 10.2. The van der Waals surface area contributed by atoms with Gasteiger partial charge in [0, 0.05) is 16.3 Å². The smallest absolute Gasteiger partial charge is 0.338 e. The van der Waals surface area contributed by atoms with Crippen LogP contribution in [0.3, 0.4) is 0 Å². The first-order chi connectivity index (χ1) is 18.8. The standard InChI is InChI=1S/C27H27ClN4O7/c1-5-11-38-20-10-8-19(28)12-18(20)14-29-32-23(33)15-39-21-9-7-17(13-22(21)36-4)25-24(26(34)37-6-2)16(3)30-27(35)31-25/h1,7-10,12-14,25H,6,11,15H2,2-4H3,(H,32,33)(H2,30,31,35)/b29-14+/t25-/m0/s1. The maximum Gasteiger partial charge on any atom is 0.338 e. The van der Waals surface area contributed by atoms with Crippen molar-refractivity contribution in [2.75, 3.05) is 26.9 Å². The van der Waals surface area contributed by atoms with Gasteiger partial charge in [-0.15, -0.1) is 6.42 Å². The van der Waals surface area contributed by atoms with Crippen molar-refractivity contribution in [3.8, 4) is 29.6 Å². The van der Waals surface area contributed by atoms with Crippen LogP contribution in [-0.4, -0.2) is 51.1 Å². The minimum Gasteiger partial charge on any atom is -0.493 e. The summed E-state index contributed by atoms with van der Waals surface area (Å²) in [6.07, 6.45) is 6.60. The third kappa shape index (κ3) is 7.66. The molecule has 0 saturated carbocycles. The molecule has 3 amide bonds. The van der Waals surface area contributed by atoms with Crippen molar-refractivity contribution in [2.45, 2.75) is 19.9 Å². The predicted molar refractivity (Wildman–Crippen MR) is 144 cm³/mol. The molecule has 0 aromatic heterocycles. The number of hydrazone groups is 1. The number of esters is 1. The lowest BCUT2D eigenvalue weighted by Crippen LogP contribution is -2.45. The first-order valence-corrected chi connectivity index (χ1v) is 12.1. The molecule has 204 valence electrons. The number of allylic oxidation sites excluding steroid dienone is 1. The van der Waals surface area contributed by atoms with Crippen LogP contribution < -0.4 is 30.3 Å². The number of nitrogens with one attached hydrogen (secondary N) is 3. The number of carbonyl (C=O) groups excluding carboxylic acids is 3. The molecular weight excluding hydrogens is 528 g/mol. The van der Waals surface area contributed by atoms with Crippen molar-refractivity contribution < 1.29 is 33.3 Å². The zero-order valence-electron chi connectivity index (χ0n) is 21.5. The topological polar surface area (TPSA) is 137 Å². The summed E-state index contributed by atoms with van der Waals surface area (Å²) in [5.41, 5.74) is 4.07. The predicted octanol–water partition coefficient (Wildman–Crippen LogP) is 3.08. The SMILES string of the molecule is C#CCOc1ccc(Cl)cc1/C=N/NC(=O)COc1ccc([C@@H]2NC(=O)NC(C)=C2C(=O)OCC)cc1OC. The maximum absolute atomic E-state index is 12.6. The molecule has 0 unspecified atom stereocenters. The summed E-state index contributed by atoms with van der Waals surface area (Å²) in [6, 6.07) is 8.47. The molecule has 2 aromatic carbocycles. The van der Waals surface area contributed by atoms with Gasteiger partial charge in [-0.1, -0.05) is 23.6 Å². The number of rotatable bonds is 11. The highest BCUT2D eigenvalue weighted by atomic mass is 35.5. The highest BCUT2D eigenvalue weighted by molar-refractivity contribution is 6.30. The maximum atomic E-state index is 12.6. The van der Waals surface area contributed by atoms with E-state index in [0.29, 0.717) is 27.6 Å². The number of amides is 3. The van der Waals surface area contributed by atoms with Crippen LogP contribution in [0.25, 0.3) is 0 Å². The van der Waals surface area contributed by atoms with E-state index in [2.05, 4.69) is 27.1 Å². The van der Waals surface area contributed by atoms with E-state index in [9.17, 15) is 14.4 Å². The van der Waals surface area contributed by atoms with E-state index >= 15 is 0 Å². The molecule has 0 fully saturated rings. The van der Waals surface area contributed by atoms with Gasteiger partial charge < -0.3 is 29.6 Å². The molecule has 2 aromatic rings. The molecule has 1 atom stereocenters. The first-order valence-electron chi connectivity index (χ1n) is 11.7. The summed E-state index contributed by atoms with van der Waals surface area (Å²) in [5.74, 6) is 2.27. The monoisotopic (exact) mass is 554 g/mol. The molecule has 0 bridgehead atoms. The van der Waals surface area contributed by atoms with Crippen LogP contribution in [0.15, 0.2) is 52.8 Å². The zero-order chi connectivity index (χ0) is 28.4. The average Bonchev–Trinajstić information content (AvgIpc) is 2.91. The third-order valence-corrected chi connectivity index (χ3v) is 5.56. The Morgan fingerprint density at radius 2 is 1.95 bits per heavy atom. The molecule has 0 spiro atoms. The van der Waals surface area contributed by atoms with Crippen molar-refractivity contribution in [3.05, 3.63) is 63.8 Å². The fourth-order valence-electron chi connectivity index (χ4n) is 3.63. The molecule has 11 nitrogen and oxygen atoms in total. The number of urea groups is 1. The van der Waals surface area contributed by atoms with E-state index < -0.39 is 23.9 Å². The summed E-state index contributed by atoms with van der Waals surface area (Å²) in [7, 11) is 1.43. The number of hydrogen-bond donors (Lipinski definition) is 3. The molecule has 1 aliphatic heterocycles. The zero-order valence-corrected chi connectivity index (χ0v) is 22.3. The molecule has 0 aliphatic carbocycles. The van der Waals surface area contributed by atoms with Crippen molar-refractivity contribution in [3.63, 3.8) is 0 Å². The fourth-order valence-corrected chi connectivity index (χ4v) is 3.81. The normalized spacial score (nSPS) is 14.6. The minimum atomic E-state index is -0.778. The number of terminal acetylenes is 1. The lowest BCUT2D eigenvalue weighted by Gasteiger charge is -2.28. The number of methoxy groups -OCH3 is 1. The second-order valence-corrected chi connectivity index (χ2v) is 8.39. The van der Waals surface area contributed by atoms with Gasteiger partial charge in [-0.2, -0.15) is 5.10 Å². The number of benzene rings is 2. The Morgan fingerprint density at radius 3 is 2.67 bits per heavy atom. The van der Waals surface area contributed by atoms with Crippen LogP contribution >= 0.6 is 11.6 Å². The number of nitrogens with zero attached hydrogens (tertiary/aromatic N) is 1. The molecule has 12 heteroatoms. The lowest BCUT2D eigenvalue weighted by atomic mass is 9.95. The Labute approximate surface area is 230 Å². The van der Waals surface area contributed by atoms with Gasteiger partial charge in [0.15, 0.2) is 18.1 Å². The summed E-state index contributed by atoms with van der Waals surface area (Å²) in [5, 5.41) is 9.67. The largest absolute Gasteiger partial charge is 0.493 e. The van der Waals surface area contributed by atoms with Crippen molar-refractivity contribution in [2.24, 2.45) is 5.10 Å². The highest BCUT2D eigenvalue weighted by Crippen LogP contribution is 2.34. The summed E-state index contributed by atoms with van der Waals surface area (Å²) in [6.45, 7) is 3.18. The quantitative estimate of drug-likeness (QED) is 0.168. The van der Waals surface area contributed by atoms with Gasteiger partial charge in [-0.05, 0) is 49.7 Å². The molecule has 3 rings (SSSR count). The van der Waals surface area contributed by atoms with E-state index in [0.717, 1.165) is 0 Å². The third-order valence-electron chi connectivity index (χ3n) is 5.32. The highest BCUT2D eigenvalue weighted by Gasteiger charge is 2.32. The van der Waals surface area contributed by atoms with Crippen LogP contribution in [0.5, 0.6) is 17.2 Å². The van der Waals surface area contributed by atoms with Crippen LogP contribution in [0, 0.1) is 12.3 Å². The summed E-state index contributed by atoms with van der Waals surface area (Å²) in [4.78, 5) is 37.0. The molecule has 3 N–H and O–H groups in total. The molecule has 39 heavy (non-hydrogen) atoms. The van der Waals surface area contributed by atoms with E-state index in [4.69, 9.17) is 37.0 Å². The molecule has 1 aliphatic rings. The van der Waals surface area contributed by atoms with Crippen LogP contribution in [-0.2, 0) is 14.3 Å². The van der Waals surface area contributed by atoms with E-state index in [1.165, 1.54) is 13.3 Å². The van der Waals surface area contributed by atoms with Crippen molar-refractivity contribution in [1.29, 1.82) is 0 Å². The number of halogens is 1. The number of carbonyl (C=O) groups is 3. The Morgan fingerprint density at radius 1 is 1.18 bits per heavy atom. The van der Waals surface area contributed by atoms with Gasteiger partial charge in [0.25, 0.3) is 5.91 Å². The average molecular weight is 555 g/mol. The van der Waals surface area contributed by atoms with Crippen LogP contribution in [0.4, 0.5) is 4.79 Å². The summed E-state index contributed by atoms with van der Waals surface area (Å²) < 4.78 is 21.6. The van der Waals surface area contributed by atoms with Crippen LogP contribution in [0.2, 0.25) is 5.02 Å². The van der Waals surface area contributed by atoms with E-state index in [1.54, 1.807) is 50.2 Å².